The minimum absolute atomic E-state index is 0.110. The van der Waals surface area contributed by atoms with Crippen molar-refractivity contribution in [2.75, 3.05) is 32.8 Å². The molecule has 118 valence electrons. The van der Waals surface area contributed by atoms with Crippen LogP contribution in [-0.2, 0) is 9.53 Å². The first-order valence-electron chi connectivity index (χ1n) is 7.82. The van der Waals surface area contributed by atoms with Gasteiger partial charge in [0.15, 0.2) is 0 Å². The number of ether oxygens (including phenoxy) is 1. The molecule has 3 N–H and O–H groups in total. The van der Waals surface area contributed by atoms with Gasteiger partial charge in [0.25, 0.3) is 0 Å². The lowest BCUT2D eigenvalue weighted by Gasteiger charge is -2.32. The van der Waals surface area contributed by atoms with Crippen LogP contribution in [0.15, 0.2) is 0 Å². The van der Waals surface area contributed by atoms with Crippen LogP contribution in [0, 0.1) is 0 Å². The molecule has 20 heavy (non-hydrogen) atoms. The average molecular weight is 285 g/mol. The maximum absolute atomic E-state index is 12.0. The van der Waals surface area contributed by atoms with Crippen molar-refractivity contribution in [1.82, 2.24) is 10.2 Å². The Labute approximate surface area is 123 Å². The molecule has 0 spiro atoms. The van der Waals surface area contributed by atoms with Gasteiger partial charge in [-0.05, 0) is 46.1 Å². The molecule has 0 radical (unpaired) electrons. The second-order valence-electron chi connectivity index (χ2n) is 6.27. The highest BCUT2D eigenvalue weighted by Crippen LogP contribution is 2.14. The number of carbonyl (C=O) groups is 1. The van der Waals surface area contributed by atoms with Crippen molar-refractivity contribution >= 4 is 5.91 Å². The van der Waals surface area contributed by atoms with Crippen LogP contribution in [0.4, 0.5) is 0 Å². The molecular weight excluding hydrogens is 254 g/mol. The number of likely N-dealkylation sites (tertiary alicyclic amines) is 1. The normalized spacial score (nSPS) is 18.2. The topological polar surface area (TPSA) is 67.6 Å². The van der Waals surface area contributed by atoms with Crippen LogP contribution in [0.3, 0.4) is 0 Å². The van der Waals surface area contributed by atoms with Crippen LogP contribution in [0.5, 0.6) is 0 Å². The average Bonchev–Trinajstić information content (AvgIpc) is 2.40. The van der Waals surface area contributed by atoms with E-state index in [2.05, 4.69) is 31.0 Å². The maximum Gasteiger partial charge on any atom is 0.234 e. The Kier molecular flexibility index (Phi) is 7.48. The van der Waals surface area contributed by atoms with E-state index in [9.17, 15) is 4.79 Å². The molecule has 0 atom stereocenters. The van der Waals surface area contributed by atoms with E-state index in [0.717, 1.165) is 45.4 Å². The lowest BCUT2D eigenvalue weighted by atomic mass is 10.0. The van der Waals surface area contributed by atoms with Gasteiger partial charge in [-0.2, -0.15) is 0 Å². The Balaban J connectivity index is 2.20. The summed E-state index contributed by atoms with van der Waals surface area (Å²) in [5.41, 5.74) is 5.34. The summed E-state index contributed by atoms with van der Waals surface area (Å²) in [4.78, 5) is 14.2. The van der Waals surface area contributed by atoms with Crippen molar-refractivity contribution in [2.24, 2.45) is 5.73 Å². The molecule has 1 amide bonds. The fraction of sp³-hybridized carbons (Fsp3) is 0.933. The van der Waals surface area contributed by atoms with Crippen molar-refractivity contribution in [2.45, 2.75) is 58.1 Å². The smallest absolute Gasteiger partial charge is 0.234 e. The molecule has 0 aromatic carbocycles. The first-order valence-corrected chi connectivity index (χ1v) is 7.82. The van der Waals surface area contributed by atoms with Crippen LogP contribution in [0.1, 0.15) is 46.5 Å². The van der Waals surface area contributed by atoms with E-state index in [-0.39, 0.29) is 11.4 Å². The van der Waals surface area contributed by atoms with Gasteiger partial charge in [0, 0.05) is 25.2 Å². The van der Waals surface area contributed by atoms with Gasteiger partial charge in [-0.1, -0.05) is 6.92 Å². The number of nitrogens with two attached hydrogens (primary N) is 1. The Morgan fingerprint density at radius 3 is 2.60 bits per heavy atom. The van der Waals surface area contributed by atoms with E-state index in [4.69, 9.17) is 10.5 Å². The second kappa shape index (κ2) is 8.60. The van der Waals surface area contributed by atoms with Crippen LogP contribution in [-0.4, -0.2) is 55.2 Å². The lowest BCUT2D eigenvalue weighted by Crippen LogP contribution is -2.49. The third-order valence-corrected chi connectivity index (χ3v) is 3.97. The highest BCUT2D eigenvalue weighted by Gasteiger charge is 2.23. The number of carbonyl (C=O) groups excluding carboxylic acids is 1. The molecule has 5 nitrogen and oxygen atoms in total. The number of rotatable bonds is 8. The van der Waals surface area contributed by atoms with Gasteiger partial charge in [0.1, 0.15) is 0 Å². The van der Waals surface area contributed by atoms with Crippen molar-refractivity contribution < 1.29 is 9.53 Å². The molecule has 1 saturated heterocycles. The summed E-state index contributed by atoms with van der Waals surface area (Å²) in [6, 6.07) is 0. The minimum atomic E-state index is -0.110. The minimum Gasteiger partial charge on any atom is -0.378 e. The molecule has 0 aliphatic carbocycles. The zero-order chi connectivity index (χ0) is 15.0. The third-order valence-electron chi connectivity index (χ3n) is 3.97. The van der Waals surface area contributed by atoms with Gasteiger partial charge in [-0.15, -0.1) is 0 Å². The summed E-state index contributed by atoms with van der Waals surface area (Å²) < 4.78 is 5.77. The molecule has 0 aromatic rings. The fourth-order valence-electron chi connectivity index (χ4n) is 2.28. The molecule has 1 aliphatic rings. The van der Waals surface area contributed by atoms with E-state index in [1.165, 1.54) is 0 Å². The van der Waals surface area contributed by atoms with Crippen LogP contribution < -0.4 is 11.1 Å². The first-order chi connectivity index (χ1) is 9.46. The zero-order valence-corrected chi connectivity index (χ0v) is 13.3. The van der Waals surface area contributed by atoms with Gasteiger partial charge in [-0.3, -0.25) is 9.69 Å². The van der Waals surface area contributed by atoms with Gasteiger partial charge in [0.05, 0.1) is 12.6 Å². The first kappa shape index (κ1) is 17.4. The number of piperidine rings is 1. The van der Waals surface area contributed by atoms with Crippen molar-refractivity contribution in [3.05, 3.63) is 0 Å². The Hall–Kier alpha value is -0.650. The number of hydrogen-bond donors (Lipinski definition) is 2. The van der Waals surface area contributed by atoms with Gasteiger partial charge >= 0.3 is 0 Å². The fourth-order valence-corrected chi connectivity index (χ4v) is 2.28. The summed E-state index contributed by atoms with van der Waals surface area (Å²) in [5, 5.41) is 3.08. The van der Waals surface area contributed by atoms with E-state index >= 15 is 0 Å². The van der Waals surface area contributed by atoms with Crippen molar-refractivity contribution in [3.8, 4) is 0 Å². The summed E-state index contributed by atoms with van der Waals surface area (Å²) in [6.07, 6.45) is 4.22. The summed E-state index contributed by atoms with van der Waals surface area (Å²) in [7, 11) is 0. The number of nitrogens with one attached hydrogen (secondary N) is 1. The summed E-state index contributed by atoms with van der Waals surface area (Å²) in [5.74, 6) is 0.124. The summed E-state index contributed by atoms with van der Waals surface area (Å²) in [6.45, 7) is 10.0. The molecule has 1 fully saturated rings. The van der Waals surface area contributed by atoms with E-state index in [0.29, 0.717) is 19.2 Å². The molecule has 0 saturated carbocycles. The summed E-state index contributed by atoms with van der Waals surface area (Å²) >= 11 is 0. The molecule has 1 aliphatic heterocycles. The van der Waals surface area contributed by atoms with Crippen LogP contribution in [0.2, 0.25) is 0 Å². The van der Waals surface area contributed by atoms with Crippen LogP contribution >= 0.6 is 0 Å². The van der Waals surface area contributed by atoms with Gasteiger partial charge < -0.3 is 15.8 Å². The van der Waals surface area contributed by atoms with Crippen molar-refractivity contribution in [3.63, 3.8) is 0 Å². The molecule has 0 unspecified atom stereocenters. The molecule has 0 aromatic heterocycles. The predicted molar refractivity (Wildman–Crippen MR) is 81.6 cm³/mol. The quantitative estimate of drug-likeness (QED) is 0.656. The highest BCUT2D eigenvalue weighted by molar-refractivity contribution is 5.78. The highest BCUT2D eigenvalue weighted by atomic mass is 16.5. The molecule has 1 heterocycles. The third kappa shape index (κ3) is 6.68. The largest absolute Gasteiger partial charge is 0.378 e. The lowest BCUT2D eigenvalue weighted by molar-refractivity contribution is -0.124. The van der Waals surface area contributed by atoms with Crippen molar-refractivity contribution in [1.29, 1.82) is 0 Å². The Morgan fingerprint density at radius 1 is 1.40 bits per heavy atom. The Bertz CT molecular complexity index is 287. The SMILES string of the molecule is CCC(C)(C)NC(=O)CN1CCC(OCCCN)CC1. The van der Waals surface area contributed by atoms with Gasteiger partial charge in [0.2, 0.25) is 5.91 Å². The molecule has 5 heteroatoms. The predicted octanol–water partition coefficient (Wildman–Crippen LogP) is 1.12. The van der Waals surface area contributed by atoms with E-state index in [1.807, 2.05) is 0 Å². The van der Waals surface area contributed by atoms with Gasteiger partial charge in [-0.25, -0.2) is 0 Å². The number of nitrogens with zero attached hydrogens (tertiary/aromatic N) is 1. The number of hydrogen-bond acceptors (Lipinski definition) is 4. The standard InChI is InChI=1S/C15H31N3O2/c1-4-15(2,3)17-14(19)12-18-9-6-13(7-10-18)20-11-5-8-16/h13H,4-12,16H2,1-3H3,(H,17,19). The van der Waals surface area contributed by atoms with E-state index in [1.54, 1.807) is 0 Å². The molecular formula is C15H31N3O2. The van der Waals surface area contributed by atoms with Crippen LogP contribution in [0.25, 0.3) is 0 Å². The molecule has 0 bridgehead atoms. The molecule has 1 rings (SSSR count). The number of amides is 1. The zero-order valence-electron chi connectivity index (χ0n) is 13.3. The monoisotopic (exact) mass is 285 g/mol. The van der Waals surface area contributed by atoms with E-state index < -0.39 is 0 Å². The Morgan fingerprint density at radius 2 is 2.05 bits per heavy atom. The second-order valence-corrected chi connectivity index (χ2v) is 6.27. The maximum atomic E-state index is 12.0.